The Morgan fingerprint density at radius 3 is 2.76 bits per heavy atom. The van der Waals surface area contributed by atoms with E-state index in [0.717, 1.165) is 23.7 Å². The Labute approximate surface area is 104 Å². The highest BCUT2D eigenvalue weighted by molar-refractivity contribution is 5.13. The zero-order valence-corrected chi connectivity index (χ0v) is 10.7. The van der Waals surface area contributed by atoms with E-state index in [0.29, 0.717) is 6.54 Å². The first-order valence-corrected chi connectivity index (χ1v) is 6.68. The van der Waals surface area contributed by atoms with Crippen LogP contribution in [0.3, 0.4) is 0 Å². The van der Waals surface area contributed by atoms with E-state index >= 15 is 0 Å². The van der Waals surface area contributed by atoms with Crippen molar-refractivity contribution in [2.24, 2.45) is 11.7 Å². The summed E-state index contributed by atoms with van der Waals surface area (Å²) in [6.45, 7) is 6.22. The quantitative estimate of drug-likeness (QED) is 0.784. The zero-order valence-electron chi connectivity index (χ0n) is 10.7. The SMILES string of the molecule is CCCN(Cc1ccc(CN)cn1)CC1CC1. The zero-order chi connectivity index (χ0) is 12.1. The lowest BCUT2D eigenvalue weighted by molar-refractivity contribution is 0.252. The molecule has 0 atom stereocenters. The van der Waals surface area contributed by atoms with Crippen molar-refractivity contribution in [3.63, 3.8) is 0 Å². The minimum atomic E-state index is 0.577. The molecule has 1 aromatic rings. The molecule has 94 valence electrons. The molecule has 3 heteroatoms. The molecule has 0 spiro atoms. The molecule has 0 amide bonds. The van der Waals surface area contributed by atoms with Crippen LogP contribution in [0.4, 0.5) is 0 Å². The van der Waals surface area contributed by atoms with Gasteiger partial charge in [-0.25, -0.2) is 0 Å². The monoisotopic (exact) mass is 233 g/mol. The van der Waals surface area contributed by atoms with Gasteiger partial charge in [0.2, 0.25) is 0 Å². The Bertz CT molecular complexity index is 330. The van der Waals surface area contributed by atoms with Crippen LogP contribution in [0.2, 0.25) is 0 Å². The van der Waals surface area contributed by atoms with Gasteiger partial charge in [0.1, 0.15) is 0 Å². The van der Waals surface area contributed by atoms with Crippen molar-refractivity contribution >= 4 is 0 Å². The molecule has 1 aromatic heterocycles. The van der Waals surface area contributed by atoms with Crippen LogP contribution in [0, 0.1) is 5.92 Å². The summed E-state index contributed by atoms with van der Waals surface area (Å²) >= 11 is 0. The molecule has 1 aliphatic rings. The maximum atomic E-state index is 5.57. The normalized spacial score (nSPS) is 15.5. The fraction of sp³-hybridized carbons (Fsp3) is 0.643. The van der Waals surface area contributed by atoms with Crippen LogP contribution in [0.15, 0.2) is 18.3 Å². The molecule has 3 nitrogen and oxygen atoms in total. The van der Waals surface area contributed by atoms with E-state index < -0.39 is 0 Å². The lowest BCUT2D eigenvalue weighted by atomic mass is 10.2. The minimum absolute atomic E-state index is 0.577. The third-order valence-corrected chi connectivity index (χ3v) is 3.26. The van der Waals surface area contributed by atoms with Crippen LogP contribution in [0.1, 0.15) is 37.4 Å². The van der Waals surface area contributed by atoms with E-state index in [1.807, 2.05) is 6.20 Å². The van der Waals surface area contributed by atoms with E-state index in [1.165, 1.54) is 32.4 Å². The van der Waals surface area contributed by atoms with Crippen molar-refractivity contribution in [1.82, 2.24) is 9.88 Å². The summed E-state index contributed by atoms with van der Waals surface area (Å²) in [6, 6.07) is 4.20. The van der Waals surface area contributed by atoms with Gasteiger partial charge in [0.05, 0.1) is 5.69 Å². The Balaban J connectivity index is 1.90. The van der Waals surface area contributed by atoms with Crippen molar-refractivity contribution < 1.29 is 0 Å². The molecule has 17 heavy (non-hydrogen) atoms. The maximum Gasteiger partial charge on any atom is 0.0544 e. The highest BCUT2D eigenvalue weighted by Crippen LogP contribution is 2.30. The standard InChI is InChI=1S/C14H23N3/c1-2-7-17(10-12-3-4-12)11-14-6-5-13(8-15)9-16-14/h5-6,9,12H,2-4,7-8,10-11,15H2,1H3. The van der Waals surface area contributed by atoms with Gasteiger partial charge in [-0.3, -0.25) is 9.88 Å². The largest absolute Gasteiger partial charge is 0.326 e. The van der Waals surface area contributed by atoms with E-state index in [-0.39, 0.29) is 0 Å². The molecule has 0 radical (unpaired) electrons. The summed E-state index contributed by atoms with van der Waals surface area (Å²) < 4.78 is 0. The van der Waals surface area contributed by atoms with Crippen LogP contribution < -0.4 is 5.73 Å². The predicted octanol–water partition coefficient (Wildman–Crippen LogP) is 2.16. The van der Waals surface area contributed by atoms with Gasteiger partial charge in [0.15, 0.2) is 0 Å². The third kappa shape index (κ3) is 4.10. The lowest BCUT2D eigenvalue weighted by Gasteiger charge is -2.21. The molecule has 1 saturated carbocycles. The number of hydrogen-bond donors (Lipinski definition) is 1. The van der Waals surface area contributed by atoms with Crippen LogP contribution >= 0.6 is 0 Å². The van der Waals surface area contributed by atoms with Crippen molar-refractivity contribution in [3.8, 4) is 0 Å². The number of aromatic nitrogens is 1. The van der Waals surface area contributed by atoms with Crippen LogP contribution in [-0.4, -0.2) is 23.0 Å². The highest BCUT2D eigenvalue weighted by Gasteiger charge is 2.23. The Morgan fingerprint density at radius 2 is 2.24 bits per heavy atom. The summed E-state index contributed by atoms with van der Waals surface area (Å²) in [4.78, 5) is 7.01. The fourth-order valence-electron chi connectivity index (χ4n) is 2.12. The predicted molar refractivity (Wildman–Crippen MR) is 70.4 cm³/mol. The molecule has 0 aromatic carbocycles. The topological polar surface area (TPSA) is 42.1 Å². The van der Waals surface area contributed by atoms with Crippen LogP contribution in [0.25, 0.3) is 0 Å². The molecular formula is C14H23N3. The molecular weight excluding hydrogens is 210 g/mol. The van der Waals surface area contributed by atoms with Crippen LogP contribution in [0.5, 0.6) is 0 Å². The van der Waals surface area contributed by atoms with Crippen molar-refractivity contribution in [2.45, 2.75) is 39.3 Å². The number of hydrogen-bond acceptors (Lipinski definition) is 3. The highest BCUT2D eigenvalue weighted by atomic mass is 15.1. The molecule has 0 saturated heterocycles. The van der Waals surface area contributed by atoms with Gasteiger partial charge >= 0.3 is 0 Å². The van der Waals surface area contributed by atoms with E-state index in [4.69, 9.17) is 5.73 Å². The van der Waals surface area contributed by atoms with E-state index in [2.05, 4.69) is 28.9 Å². The molecule has 0 unspecified atom stereocenters. The Kier molecular flexibility index (Phi) is 4.51. The molecule has 0 aliphatic heterocycles. The second-order valence-corrected chi connectivity index (χ2v) is 5.04. The molecule has 2 N–H and O–H groups in total. The fourth-order valence-corrected chi connectivity index (χ4v) is 2.12. The lowest BCUT2D eigenvalue weighted by Crippen LogP contribution is -2.26. The van der Waals surface area contributed by atoms with E-state index in [1.54, 1.807) is 0 Å². The number of nitrogens with two attached hydrogens (primary N) is 1. The van der Waals surface area contributed by atoms with Crippen molar-refractivity contribution in [2.75, 3.05) is 13.1 Å². The Hall–Kier alpha value is -0.930. The van der Waals surface area contributed by atoms with Crippen molar-refractivity contribution in [3.05, 3.63) is 29.6 Å². The van der Waals surface area contributed by atoms with Gasteiger partial charge in [0.25, 0.3) is 0 Å². The first kappa shape index (κ1) is 12.5. The molecule has 0 bridgehead atoms. The third-order valence-electron chi connectivity index (χ3n) is 3.26. The number of rotatable bonds is 7. The van der Waals surface area contributed by atoms with Gasteiger partial charge < -0.3 is 5.73 Å². The average Bonchev–Trinajstić information content (AvgIpc) is 3.14. The second-order valence-electron chi connectivity index (χ2n) is 5.04. The smallest absolute Gasteiger partial charge is 0.0544 e. The molecule has 1 heterocycles. The minimum Gasteiger partial charge on any atom is -0.326 e. The number of pyridine rings is 1. The average molecular weight is 233 g/mol. The summed E-state index contributed by atoms with van der Waals surface area (Å²) in [5.74, 6) is 0.949. The van der Waals surface area contributed by atoms with Gasteiger partial charge in [-0.2, -0.15) is 0 Å². The number of nitrogens with zero attached hydrogens (tertiary/aromatic N) is 2. The molecule has 1 fully saturated rings. The van der Waals surface area contributed by atoms with Crippen molar-refractivity contribution in [1.29, 1.82) is 0 Å². The summed E-state index contributed by atoms with van der Waals surface area (Å²) in [6.07, 6.45) is 5.95. The van der Waals surface area contributed by atoms with E-state index in [9.17, 15) is 0 Å². The first-order chi connectivity index (χ1) is 8.31. The van der Waals surface area contributed by atoms with Gasteiger partial charge in [-0.1, -0.05) is 13.0 Å². The maximum absolute atomic E-state index is 5.57. The second kappa shape index (κ2) is 6.12. The van der Waals surface area contributed by atoms with Gasteiger partial charge in [-0.15, -0.1) is 0 Å². The van der Waals surface area contributed by atoms with Crippen LogP contribution in [-0.2, 0) is 13.1 Å². The summed E-state index contributed by atoms with van der Waals surface area (Å²) in [5.41, 5.74) is 7.85. The van der Waals surface area contributed by atoms with Gasteiger partial charge in [-0.05, 0) is 43.4 Å². The summed E-state index contributed by atoms with van der Waals surface area (Å²) in [5, 5.41) is 0. The molecule has 1 aliphatic carbocycles. The first-order valence-electron chi connectivity index (χ1n) is 6.68. The summed E-state index contributed by atoms with van der Waals surface area (Å²) in [7, 11) is 0. The van der Waals surface area contributed by atoms with Gasteiger partial charge in [0, 0.05) is 25.8 Å². The Morgan fingerprint density at radius 1 is 1.41 bits per heavy atom. The molecule has 2 rings (SSSR count).